The Hall–Kier alpha value is -2.84. The van der Waals surface area contributed by atoms with Gasteiger partial charge < -0.3 is 9.73 Å². The number of piperidine rings is 1. The minimum atomic E-state index is -0.0145. The summed E-state index contributed by atoms with van der Waals surface area (Å²) in [5, 5.41) is 7.48. The Morgan fingerprint density at radius 1 is 1.20 bits per heavy atom. The van der Waals surface area contributed by atoms with E-state index in [4.69, 9.17) is 16.6 Å². The van der Waals surface area contributed by atoms with Crippen molar-refractivity contribution in [3.05, 3.63) is 58.6 Å². The van der Waals surface area contributed by atoms with Crippen LogP contribution in [0.15, 0.2) is 47.0 Å². The van der Waals surface area contributed by atoms with Crippen molar-refractivity contribution in [3.63, 3.8) is 0 Å². The molecule has 4 rings (SSSR count). The summed E-state index contributed by atoms with van der Waals surface area (Å²) in [6.45, 7) is 6.26. The summed E-state index contributed by atoms with van der Waals surface area (Å²) < 4.78 is 7.47. The number of aromatic nitrogens is 3. The molecular formula is C22H25N5O2S. The second-order valence-corrected chi connectivity index (χ2v) is 8.14. The van der Waals surface area contributed by atoms with Crippen LogP contribution in [0, 0.1) is 24.6 Å². The van der Waals surface area contributed by atoms with E-state index >= 15 is 0 Å². The number of rotatable bonds is 5. The maximum atomic E-state index is 12.5. The molecule has 1 fully saturated rings. The Balaban J connectivity index is 1.36. The van der Waals surface area contributed by atoms with E-state index in [0.717, 1.165) is 42.6 Å². The zero-order valence-electron chi connectivity index (χ0n) is 17.2. The van der Waals surface area contributed by atoms with Gasteiger partial charge in [0.25, 0.3) is 4.84 Å². The molecule has 0 bridgehead atoms. The quantitative estimate of drug-likeness (QED) is 0.620. The van der Waals surface area contributed by atoms with Gasteiger partial charge in [-0.05, 0) is 63.2 Å². The summed E-state index contributed by atoms with van der Waals surface area (Å²) in [5.74, 6) is 1.15. The number of amides is 1. The summed E-state index contributed by atoms with van der Waals surface area (Å²) in [4.78, 5) is 19.2. The topological polar surface area (TPSA) is 76.2 Å². The highest BCUT2D eigenvalue weighted by Crippen LogP contribution is 2.23. The second-order valence-electron chi connectivity index (χ2n) is 7.79. The Bertz CT molecular complexity index is 1060. The molecule has 3 heterocycles. The van der Waals surface area contributed by atoms with Gasteiger partial charge in [0.1, 0.15) is 5.82 Å². The number of carbonyl (C=O) groups excluding carboxylic acids is 1. The Kier molecular flexibility index (Phi) is 6.06. The number of benzene rings is 1. The van der Waals surface area contributed by atoms with Crippen molar-refractivity contribution in [1.82, 2.24) is 19.7 Å². The fraction of sp³-hybridized carbons (Fsp3) is 0.364. The van der Waals surface area contributed by atoms with E-state index in [0.29, 0.717) is 23.2 Å². The van der Waals surface area contributed by atoms with Gasteiger partial charge >= 0.3 is 0 Å². The number of aryl methyl sites for hydroxylation is 2. The van der Waals surface area contributed by atoms with Gasteiger partial charge in [0.2, 0.25) is 11.8 Å². The third-order valence-corrected chi connectivity index (χ3v) is 5.58. The first-order chi connectivity index (χ1) is 14.5. The first-order valence-electron chi connectivity index (χ1n) is 10.1. The summed E-state index contributed by atoms with van der Waals surface area (Å²) in [6.07, 6.45) is 3.24. The molecule has 1 aliphatic rings. The summed E-state index contributed by atoms with van der Waals surface area (Å²) in [7, 11) is 0. The predicted molar refractivity (Wildman–Crippen MR) is 117 cm³/mol. The highest BCUT2D eigenvalue weighted by atomic mass is 32.1. The minimum Gasteiger partial charge on any atom is -0.409 e. The zero-order valence-corrected chi connectivity index (χ0v) is 18.0. The van der Waals surface area contributed by atoms with Crippen LogP contribution in [-0.2, 0) is 11.5 Å². The number of likely N-dealkylation sites (tertiary alicyclic amines) is 1. The van der Waals surface area contributed by atoms with Crippen molar-refractivity contribution in [1.29, 1.82) is 0 Å². The number of nitrogens with zero attached hydrogens (tertiary/aromatic N) is 4. The van der Waals surface area contributed by atoms with Crippen molar-refractivity contribution >= 4 is 23.9 Å². The van der Waals surface area contributed by atoms with Crippen LogP contribution in [0.25, 0.3) is 11.5 Å². The molecule has 1 aliphatic heterocycles. The molecule has 2 aromatic heterocycles. The molecule has 156 valence electrons. The maximum Gasteiger partial charge on any atom is 0.288 e. The van der Waals surface area contributed by atoms with E-state index in [2.05, 4.69) is 40.2 Å². The van der Waals surface area contributed by atoms with Crippen molar-refractivity contribution in [2.75, 3.05) is 18.4 Å². The average Bonchev–Trinajstić information content (AvgIpc) is 3.09. The van der Waals surface area contributed by atoms with E-state index in [1.54, 1.807) is 16.9 Å². The van der Waals surface area contributed by atoms with Crippen LogP contribution in [-0.4, -0.2) is 38.7 Å². The van der Waals surface area contributed by atoms with E-state index in [9.17, 15) is 4.79 Å². The predicted octanol–water partition coefficient (Wildman–Crippen LogP) is 4.19. The molecule has 7 nitrogen and oxygen atoms in total. The molecular weight excluding hydrogens is 398 g/mol. The normalized spacial score (nSPS) is 15.3. The Morgan fingerprint density at radius 2 is 1.93 bits per heavy atom. The third-order valence-electron chi connectivity index (χ3n) is 5.28. The fourth-order valence-electron chi connectivity index (χ4n) is 3.80. The van der Waals surface area contributed by atoms with Gasteiger partial charge in [-0.15, -0.1) is 5.10 Å². The zero-order chi connectivity index (χ0) is 21.1. The first-order valence-corrected chi connectivity index (χ1v) is 10.5. The number of pyridine rings is 1. The monoisotopic (exact) mass is 423 g/mol. The standard InChI is InChI=1S/C22H25N5O2S/c1-15-11-16(2)13-18(12-15)21-25-27(22(30)29-21)14-26-9-6-17(7-10-26)20(28)24-19-5-3-4-8-23-19/h3-5,8,11-13,17H,6-7,9-10,14H2,1-2H3,(H,23,24,28). The fourth-order valence-corrected chi connectivity index (χ4v) is 3.98. The van der Waals surface area contributed by atoms with E-state index in [-0.39, 0.29) is 11.8 Å². The lowest BCUT2D eigenvalue weighted by atomic mass is 9.96. The lowest BCUT2D eigenvalue weighted by Gasteiger charge is -2.30. The van der Waals surface area contributed by atoms with Crippen LogP contribution in [0.4, 0.5) is 5.82 Å². The van der Waals surface area contributed by atoms with Gasteiger partial charge in [-0.1, -0.05) is 23.3 Å². The molecule has 1 N–H and O–H groups in total. The molecule has 0 aliphatic carbocycles. The lowest BCUT2D eigenvalue weighted by Crippen LogP contribution is -2.39. The molecule has 0 radical (unpaired) electrons. The van der Waals surface area contributed by atoms with E-state index in [1.165, 1.54) is 0 Å². The maximum absolute atomic E-state index is 12.5. The van der Waals surface area contributed by atoms with E-state index < -0.39 is 0 Å². The largest absolute Gasteiger partial charge is 0.409 e. The molecule has 0 spiro atoms. The SMILES string of the molecule is Cc1cc(C)cc(-c2nn(CN3CCC(C(=O)Nc4ccccn4)CC3)c(=S)o2)c1. The number of hydrogen-bond acceptors (Lipinski definition) is 6. The highest BCUT2D eigenvalue weighted by Gasteiger charge is 2.26. The summed E-state index contributed by atoms with van der Waals surface area (Å²) in [6, 6.07) is 11.7. The highest BCUT2D eigenvalue weighted by molar-refractivity contribution is 7.71. The Morgan fingerprint density at radius 3 is 2.60 bits per heavy atom. The number of anilines is 1. The molecule has 3 aromatic rings. The Labute approximate surface area is 180 Å². The minimum absolute atomic E-state index is 0.0145. The van der Waals surface area contributed by atoms with Crippen LogP contribution < -0.4 is 5.32 Å². The summed E-state index contributed by atoms with van der Waals surface area (Å²) >= 11 is 5.38. The lowest BCUT2D eigenvalue weighted by molar-refractivity contribution is -0.121. The molecule has 0 unspecified atom stereocenters. The van der Waals surface area contributed by atoms with Gasteiger partial charge in [0, 0.05) is 30.8 Å². The number of nitrogens with one attached hydrogen (secondary N) is 1. The third kappa shape index (κ3) is 4.83. The van der Waals surface area contributed by atoms with Crippen LogP contribution in [0.2, 0.25) is 0 Å². The first kappa shape index (κ1) is 20.4. The summed E-state index contributed by atoms with van der Waals surface area (Å²) in [5.41, 5.74) is 3.25. The van der Waals surface area contributed by atoms with Crippen LogP contribution in [0.5, 0.6) is 0 Å². The molecule has 1 aromatic carbocycles. The van der Waals surface area contributed by atoms with E-state index in [1.807, 2.05) is 24.3 Å². The molecule has 30 heavy (non-hydrogen) atoms. The van der Waals surface area contributed by atoms with Crippen LogP contribution in [0.1, 0.15) is 24.0 Å². The molecule has 0 saturated carbocycles. The molecule has 0 atom stereocenters. The molecule has 8 heteroatoms. The van der Waals surface area contributed by atoms with Crippen molar-refractivity contribution in [2.45, 2.75) is 33.4 Å². The van der Waals surface area contributed by atoms with Crippen LogP contribution >= 0.6 is 12.2 Å². The van der Waals surface area contributed by atoms with Crippen LogP contribution in [0.3, 0.4) is 0 Å². The van der Waals surface area contributed by atoms with Crippen molar-refractivity contribution in [2.24, 2.45) is 5.92 Å². The number of hydrogen-bond donors (Lipinski definition) is 1. The van der Waals surface area contributed by atoms with Gasteiger partial charge in [-0.2, -0.15) is 0 Å². The molecule has 1 saturated heterocycles. The molecule has 1 amide bonds. The average molecular weight is 424 g/mol. The van der Waals surface area contributed by atoms with Crippen molar-refractivity contribution in [3.8, 4) is 11.5 Å². The van der Waals surface area contributed by atoms with Gasteiger partial charge in [-0.3, -0.25) is 9.69 Å². The van der Waals surface area contributed by atoms with Gasteiger partial charge in [0.15, 0.2) is 0 Å². The van der Waals surface area contributed by atoms with Gasteiger partial charge in [-0.25, -0.2) is 9.67 Å². The number of carbonyl (C=O) groups is 1. The van der Waals surface area contributed by atoms with Crippen molar-refractivity contribution < 1.29 is 9.21 Å². The smallest absolute Gasteiger partial charge is 0.288 e. The van der Waals surface area contributed by atoms with Gasteiger partial charge in [0.05, 0.1) is 6.67 Å². The second kappa shape index (κ2) is 8.89.